The zero-order chi connectivity index (χ0) is 22.7. The number of aryl methyl sites for hydroxylation is 2. The van der Waals surface area contributed by atoms with Gasteiger partial charge < -0.3 is 14.6 Å². The van der Waals surface area contributed by atoms with Crippen molar-refractivity contribution in [2.24, 2.45) is 7.05 Å². The van der Waals surface area contributed by atoms with Crippen LogP contribution in [0.25, 0.3) is 10.9 Å². The van der Waals surface area contributed by atoms with Crippen molar-refractivity contribution in [1.29, 1.82) is 0 Å². The highest BCUT2D eigenvalue weighted by Crippen LogP contribution is 2.53. The Bertz CT molecular complexity index is 1260. The molecule has 8 heteroatoms. The monoisotopic (exact) mass is 435 g/mol. The summed E-state index contributed by atoms with van der Waals surface area (Å²) in [5.74, 6) is 0.725. The Hall–Kier alpha value is -3.16. The van der Waals surface area contributed by atoms with Gasteiger partial charge in [-0.05, 0) is 58.1 Å². The molecule has 1 aliphatic heterocycles. The van der Waals surface area contributed by atoms with E-state index in [1.165, 1.54) is 0 Å². The summed E-state index contributed by atoms with van der Waals surface area (Å²) in [5, 5.41) is 5.51. The molecule has 1 fully saturated rings. The lowest BCUT2D eigenvalue weighted by Gasteiger charge is -2.26. The molecule has 32 heavy (non-hydrogen) atoms. The summed E-state index contributed by atoms with van der Waals surface area (Å²) in [6.45, 7) is 6.29. The Morgan fingerprint density at radius 3 is 2.75 bits per heavy atom. The van der Waals surface area contributed by atoms with Crippen molar-refractivity contribution in [2.75, 3.05) is 6.54 Å². The van der Waals surface area contributed by atoms with Crippen LogP contribution in [0.5, 0.6) is 0 Å². The predicted molar refractivity (Wildman–Crippen MR) is 121 cm³/mol. The molecule has 0 unspecified atom stereocenters. The van der Waals surface area contributed by atoms with E-state index in [4.69, 9.17) is 9.72 Å². The number of nitrogens with zero attached hydrogens (tertiary/aromatic N) is 4. The van der Waals surface area contributed by atoms with Gasteiger partial charge in [-0.2, -0.15) is 5.10 Å². The second-order valence-corrected chi connectivity index (χ2v) is 9.93. The van der Waals surface area contributed by atoms with E-state index in [0.29, 0.717) is 18.5 Å². The van der Waals surface area contributed by atoms with Gasteiger partial charge in [0.2, 0.25) is 0 Å². The van der Waals surface area contributed by atoms with E-state index in [-0.39, 0.29) is 17.5 Å². The number of aromatic amines is 1. The average Bonchev–Trinajstić information content (AvgIpc) is 3.48. The molecule has 0 spiro atoms. The topological polar surface area (TPSA) is 93.1 Å². The second kappa shape index (κ2) is 7.18. The van der Waals surface area contributed by atoms with Gasteiger partial charge in [-0.3, -0.25) is 9.48 Å². The van der Waals surface area contributed by atoms with E-state index in [1.54, 1.807) is 4.90 Å². The van der Waals surface area contributed by atoms with Crippen LogP contribution in [-0.4, -0.2) is 42.9 Å². The summed E-state index contributed by atoms with van der Waals surface area (Å²) in [4.78, 5) is 35.4. The van der Waals surface area contributed by atoms with E-state index >= 15 is 0 Å². The van der Waals surface area contributed by atoms with E-state index in [9.17, 15) is 9.59 Å². The van der Waals surface area contributed by atoms with Crippen LogP contribution in [0.4, 0.5) is 4.79 Å². The minimum absolute atomic E-state index is 0.162. The Kier molecular flexibility index (Phi) is 4.65. The molecule has 8 nitrogen and oxygen atoms in total. The van der Waals surface area contributed by atoms with Gasteiger partial charge >= 0.3 is 6.09 Å². The first-order valence-electron chi connectivity index (χ1n) is 11.2. The largest absolute Gasteiger partial charge is 0.444 e. The number of carbonyl (C=O) groups is 1. The predicted octanol–water partition coefficient (Wildman–Crippen LogP) is 3.42. The van der Waals surface area contributed by atoms with Gasteiger partial charge in [0.05, 0.1) is 34.9 Å². The fraction of sp³-hybridized carbons (Fsp3) is 0.500. The van der Waals surface area contributed by atoms with Crippen molar-refractivity contribution >= 4 is 17.0 Å². The highest BCUT2D eigenvalue weighted by atomic mass is 16.6. The number of ether oxygens (including phenoxy) is 1. The molecule has 1 amide bonds. The molecule has 0 radical (unpaired) electrons. The van der Waals surface area contributed by atoms with Gasteiger partial charge in [0.1, 0.15) is 11.4 Å². The van der Waals surface area contributed by atoms with Gasteiger partial charge in [0.15, 0.2) is 0 Å². The highest BCUT2D eigenvalue weighted by Gasteiger charge is 2.49. The zero-order valence-electron chi connectivity index (χ0n) is 19.1. The summed E-state index contributed by atoms with van der Waals surface area (Å²) in [6, 6.07) is 6.22. The number of nitrogens with one attached hydrogen (secondary N) is 1. The molecule has 0 bridgehead atoms. The molecule has 1 aliphatic carbocycles. The van der Waals surface area contributed by atoms with Crippen molar-refractivity contribution in [3.8, 4) is 0 Å². The maximum atomic E-state index is 13.2. The number of aromatic nitrogens is 4. The lowest BCUT2D eigenvalue weighted by Crippen LogP contribution is -2.37. The van der Waals surface area contributed by atoms with Crippen molar-refractivity contribution in [2.45, 2.75) is 64.0 Å². The molecule has 3 heterocycles. The average molecular weight is 436 g/mol. The van der Waals surface area contributed by atoms with E-state index in [2.05, 4.69) is 22.2 Å². The minimum Gasteiger partial charge on any atom is -0.444 e. The number of rotatable bonds is 2. The normalized spacial score (nSPS) is 17.7. The number of fused-ring (bicyclic) bond motifs is 2. The molecule has 3 aromatic rings. The third-order valence-corrected chi connectivity index (χ3v) is 6.45. The molecule has 5 rings (SSSR count). The van der Waals surface area contributed by atoms with Crippen LogP contribution in [0.3, 0.4) is 0 Å². The van der Waals surface area contributed by atoms with Crippen LogP contribution in [-0.2, 0) is 30.2 Å². The van der Waals surface area contributed by atoms with Gasteiger partial charge in [0, 0.05) is 19.0 Å². The molecule has 2 aliphatic rings. The first kappa shape index (κ1) is 20.7. The quantitative estimate of drug-likeness (QED) is 0.666. The summed E-state index contributed by atoms with van der Waals surface area (Å²) in [5.41, 5.74) is 2.56. The van der Waals surface area contributed by atoms with Crippen LogP contribution in [0, 0.1) is 0 Å². The first-order valence-corrected chi connectivity index (χ1v) is 11.2. The van der Waals surface area contributed by atoms with Gasteiger partial charge in [-0.1, -0.05) is 12.1 Å². The number of amides is 1. The van der Waals surface area contributed by atoms with Crippen LogP contribution in [0.1, 0.15) is 62.7 Å². The van der Waals surface area contributed by atoms with Crippen molar-refractivity contribution in [3.05, 3.63) is 57.4 Å². The molecule has 0 atom stereocenters. The second-order valence-electron chi connectivity index (χ2n) is 9.93. The highest BCUT2D eigenvalue weighted by molar-refractivity contribution is 5.84. The summed E-state index contributed by atoms with van der Waals surface area (Å²) in [7, 11) is 1.94. The zero-order valence-corrected chi connectivity index (χ0v) is 19.1. The van der Waals surface area contributed by atoms with Gasteiger partial charge in [-0.15, -0.1) is 0 Å². The maximum absolute atomic E-state index is 13.2. The summed E-state index contributed by atoms with van der Waals surface area (Å²) in [6.07, 6.45) is 4.78. The van der Waals surface area contributed by atoms with Crippen molar-refractivity contribution in [1.82, 2.24) is 24.6 Å². The minimum atomic E-state index is -0.577. The number of hydrogen-bond donors (Lipinski definition) is 1. The van der Waals surface area contributed by atoms with E-state index in [0.717, 1.165) is 47.2 Å². The first-order chi connectivity index (χ1) is 15.2. The van der Waals surface area contributed by atoms with Gasteiger partial charge in [0.25, 0.3) is 5.56 Å². The lowest BCUT2D eigenvalue weighted by molar-refractivity contribution is 0.0236. The SMILES string of the molecule is Cn1ncc2c(C3(c4nc5c(c(=O)[nH]4)CN(C(=O)OC(C)(C)C)CCC5)CC3)cccc21. The molecule has 0 saturated heterocycles. The smallest absolute Gasteiger partial charge is 0.410 e. The fourth-order valence-corrected chi connectivity index (χ4v) is 4.68. The van der Waals surface area contributed by atoms with Gasteiger partial charge in [-0.25, -0.2) is 9.78 Å². The lowest BCUT2D eigenvalue weighted by atomic mass is 9.91. The summed E-state index contributed by atoms with van der Waals surface area (Å²) >= 11 is 0. The number of hydrogen-bond acceptors (Lipinski definition) is 5. The molecular weight excluding hydrogens is 406 g/mol. The van der Waals surface area contributed by atoms with Crippen molar-refractivity contribution < 1.29 is 9.53 Å². The van der Waals surface area contributed by atoms with Crippen LogP contribution < -0.4 is 5.56 Å². The van der Waals surface area contributed by atoms with Crippen LogP contribution >= 0.6 is 0 Å². The van der Waals surface area contributed by atoms with Crippen LogP contribution in [0.15, 0.2) is 29.2 Å². The maximum Gasteiger partial charge on any atom is 0.410 e. The molecule has 1 N–H and O–H groups in total. The molecule has 1 saturated carbocycles. The molecule has 1 aromatic carbocycles. The number of benzene rings is 1. The molecule has 2 aromatic heterocycles. The molecule has 168 valence electrons. The summed E-state index contributed by atoms with van der Waals surface area (Å²) < 4.78 is 7.39. The Morgan fingerprint density at radius 2 is 2.03 bits per heavy atom. The Labute approximate surface area is 186 Å². The van der Waals surface area contributed by atoms with Crippen LogP contribution in [0.2, 0.25) is 0 Å². The third-order valence-electron chi connectivity index (χ3n) is 6.45. The standard InChI is InChI=1S/C24H29N5O3/c1-23(2,3)32-22(31)29-12-6-8-18-16(14-29)20(30)27-21(26-18)24(10-11-24)17-7-5-9-19-15(17)13-25-28(19)4/h5,7,9,13H,6,8,10-12,14H2,1-4H3,(H,26,27,30). The Balaban J connectivity index is 1.51. The third kappa shape index (κ3) is 3.47. The fourth-order valence-electron chi connectivity index (χ4n) is 4.68. The molecular formula is C24H29N5O3. The van der Waals surface area contributed by atoms with E-state index < -0.39 is 11.7 Å². The van der Waals surface area contributed by atoms with E-state index in [1.807, 2.05) is 44.8 Å². The Morgan fingerprint density at radius 1 is 1.25 bits per heavy atom. The van der Waals surface area contributed by atoms with Crippen molar-refractivity contribution in [3.63, 3.8) is 0 Å². The number of H-pyrrole nitrogens is 1. The number of carbonyl (C=O) groups excluding carboxylic acids is 1.